The molecule has 23 nitrogen and oxygen atoms in total. The van der Waals surface area contributed by atoms with Gasteiger partial charge in [-0.15, -0.1) is 0 Å². The highest BCUT2D eigenvalue weighted by atomic mass is 16.8. The Labute approximate surface area is 511 Å². The Kier molecular flexibility index (Phi) is 40.5. The molecule has 3 heterocycles. The number of amides is 2. The molecule has 0 aromatic carbocycles. The van der Waals surface area contributed by atoms with E-state index in [0.717, 1.165) is 77.6 Å². The van der Waals surface area contributed by atoms with Gasteiger partial charge in [0.1, 0.15) is 67.1 Å². The van der Waals surface area contributed by atoms with Crippen molar-refractivity contribution in [1.29, 1.82) is 0 Å². The Hall–Kier alpha value is -2.53. The molecule has 18 unspecified atom stereocenters. The van der Waals surface area contributed by atoms with Gasteiger partial charge in [-0.05, 0) is 32.1 Å². The van der Waals surface area contributed by atoms with Gasteiger partial charge < -0.3 is 100 Å². The standard InChI is InChI=1S/C63H116N2O21/c1-4-6-8-10-12-14-16-17-18-19-20-21-22-23-24-25-26-27-28-30-32-34-36-45(70)44(65-50(73)37-35-33-31-29-15-13-11-9-7-5-2)42-81-60-55(77)54(76)57(49(41-68)83-60)84-61-56(78)59(53(75)48(40-67)82-61)86-63(62(79)80)38-46(71)51(64-43(3)69)58(85-63)52(74)47(72)39-66/h11,13,44-49,51-61,66-68,70-72,74-78H,4-10,12,14-42H2,1-3H3,(H,64,69)(H,65,73)(H,79,80)/b13-11-. The van der Waals surface area contributed by atoms with Gasteiger partial charge in [-0.1, -0.05) is 193 Å². The highest BCUT2D eigenvalue weighted by molar-refractivity contribution is 5.77. The van der Waals surface area contributed by atoms with E-state index in [1.54, 1.807) is 0 Å². The van der Waals surface area contributed by atoms with Crippen molar-refractivity contribution in [3.63, 3.8) is 0 Å². The molecule has 0 bridgehead atoms. The van der Waals surface area contributed by atoms with E-state index in [0.29, 0.717) is 19.3 Å². The molecule has 0 saturated carbocycles. The molecule has 3 fully saturated rings. The number of hydrogen-bond acceptors (Lipinski definition) is 20. The fourth-order valence-corrected chi connectivity index (χ4v) is 11.6. The number of rotatable bonds is 49. The number of carbonyl (C=O) groups excluding carboxylic acids is 2. The third kappa shape index (κ3) is 27.9. The lowest BCUT2D eigenvalue weighted by Crippen LogP contribution is -2.70. The van der Waals surface area contributed by atoms with Crippen LogP contribution in [0.5, 0.6) is 0 Å². The van der Waals surface area contributed by atoms with Crippen LogP contribution in [0.3, 0.4) is 0 Å². The Morgan fingerprint density at radius 3 is 1.60 bits per heavy atom. The van der Waals surface area contributed by atoms with E-state index < -0.39 is 148 Å². The summed E-state index contributed by atoms with van der Waals surface area (Å²) in [6.45, 7) is 2.13. The SMILES string of the molecule is CCCC/C=C\CCCCCCC(=O)NC(COC1OC(CO)C(OC2OC(CO)C(O)C(OC3(C(=O)O)CC(O)C(NC(C)=O)C(C(O)C(O)CO)O3)C2O)C(O)C1O)C(O)CCCCCCCCCCCCCCCCCCCCCCCC. The van der Waals surface area contributed by atoms with Gasteiger partial charge in [0.05, 0.1) is 50.7 Å². The van der Waals surface area contributed by atoms with E-state index in [-0.39, 0.29) is 18.9 Å². The Morgan fingerprint density at radius 1 is 0.593 bits per heavy atom. The first-order valence-electron chi connectivity index (χ1n) is 33.0. The second-order valence-corrected chi connectivity index (χ2v) is 24.3. The third-order valence-corrected chi connectivity index (χ3v) is 17.0. The Balaban J connectivity index is 1.58. The van der Waals surface area contributed by atoms with Crippen LogP contribution in [-0.4, -0.2) is 215 Å². The average Bonchev–Trinajstić information content (AvgIpc) is 0.920. The van der Waals surface area contributed by atoms with Crippen LogP contribution in [0.4, 0.5) is 0 Å². The zero-order valence-corrected chi connectivity index (χ0v) is 52.2. The van der Waals surface area contributed by atoms with Gasteiger partial charge in [0.2, 0.25) is 11.8 Å². The molecule has 3 aliphatic heterocycles. The summed E-state index contributed by atoms with van der Waals surface area (Å²) in [4.78, 5) is 38.4. The molecule has 86 heavy (non-hydrogen) atoms. The fraction of sp³-hybridized carbons (Fsp3) is 0.921. The van der Waals surface area contributed by atoms with E-state index >= 15 is 0 Å². The molecule has 14 N–H and O–H groups in total. The average molecular weight is 1240 g/mol. The number of hydrogen-bond donors (Lipinski definition) is 14. The van der Waals surface area contributed by atoms with E-state index in [1.165, 1.54) is 109 Å². The smallest absolute Gasteiger partial charge is 0.364 e. The first-order chi connectivity index (χ1) is 41.4. The second-order valence-electron chi connectivity index (χ2n) is 24.3. The summed E-state index contributed by atoms with van der Waals surface area (Å²) in [6.07, 6.45) is 11.1. The second kappa shape index (κ2) is 44.9. The molecule has 3 rings (SSSR count). The number of aliphatic hydroxyl groups is 11. The molecule has 3 aliphatic rings. The van der Waals surface area contributed by atoms with Crippen LogP contribution < -0.4 is 10.6 Å². The van der Waals surface area contributed by atoms with Crippen molar-refractivity contribution in [2.24, 2.45) is 0 Å². The number of aliphatic carboxylic acids is 1. The molecule has 23 heteroatoms. The number of carboxylic acid groups (broad SMARTS) is 1. The number of unbranched alkanes of at least 4 members (excludes halogenated alkanes) is 27. The van der Waals surface area contributed by atoms with E-state index in [9.17, 15) is 75.7 Å². The van der Waals surface area contributed by atoms with Crippen molar-refractivity contribution in [3.8, 4) is 0 Å². The lowest BCUT2D eigenvalue weighted by Gasteiger charge is -2.50. The topological polar surface area (TPSA) is 373 Å². The maximum atomic E-state index is 13.4. The Bertz CT molecular complexity index is 1810. The molecule has 504 valence electrons. The van der Waals surface area contributed by atoms with Gasteiger partial charge in [-0.2, -0.15) is 0 Å². The minimum atomic E-state index is -3.08. The predicted molar refractivity (Wildman–Crippen MR) is 320 cm³/mol. The number of carbonyl (C=O) groups is 3. The maximum Gasteiger partial charge on any atom is 0.364 e. The van der Waals surface area contributed by atoms with E-state index in [2.05, 4.69) is 36.6 Å². The summed E-state index contributed by atoms with van der Waals surface area (Å²) >= 11 is 0. The zero-order chi connectivity index (χ0) is 63.3. The van der Waals surface area contributed by atoms with Gasteiger partial charge in [0, 0.05) is 19.8 Å². The lowest BCUT2D eigenvalue weighted by atomic mass is 9.88. The maximum absolute atomic E-state index is 13.4. The number of allylic oxidation sites excluding steroid dienone is 2. The minimum absolute atomic E-state index is 0.209. The summed E-state index contributed by atoms with van der Waals surface area (Å²) in [7, 11) is 0. The van der Waals surface area contributed by atoms with Crippen molar-refractivity contribution < 1.29 is 104 Å². The van der Waals surface area contributed by atoms with Crippen LogP contribution in [-0.2, 0) is 42.8 Å². The van der Waals surface area contributed by atoms with Gasteiger partial charge in [0.15, 0.2) is 12.6 Å². The number of nitrogens with one attached hydrogen (secondary N) is 2. The lowest BCUT2D eigenvalue weighted by molar-refractivity contribution is -0.386. The molecule has 18 atom stereocenters. The fourth-order valence-electron chi connectivity index (χ4n) is 11.6. The van der Waals surface area contributed by atoms with Crippen LogP contribution in [0.2, 0.25) is 0 Å². The molecule has 0 aliphatic carbocycles. The summed E-state index contributed by atoms with van der Waals surface area (Å²) in [6, 6.07) is -2.53. The Morgan fingerprint density at radius 2 is 1.09 bits per heavy atom. The largest absolute Gasteiger partial charge is 0.477 e. The molecule has 3 saturated heterocycles. The van der Waals surface area contributed by atoms with Crippen LogP contribution in [0, 0.1) is 0 Å². The van der Waals surface area contributed by atoms with Gasteiger partial charge >= 0.3 is 5.97 Å². The molecule has 0 spiro atoms. The van der Waals surface area contributed by atoms with Crippen molar-refractivity contribution in [2.45, 2.75) is 342 Å². The summed E-state index contributed by atoms with van der Waals surface area (Å²) in [5, 5.41) is 136. The van der Waals surface area contributed by atoms with Crippen molar-refractivity contribution in [2.75, 3.05) is 26.4 Å². The van der Waals surface area contributed by atoms with Crippen LogP contribution in [0.15, 0.2) is 12.2 Å². The van der Waals surface area contributed by atoms with Crippen LogP contribution >= 0.6 is 0 Å². The van der Waals surface area contributed by atoms with Crippen molar-refractivity contribution in [1.82, 2.24) is 10.6 Å². The zero-order valence-electron chi connectivity index (χ0n) is 52.2. The molecular formula is C63H116N2O21. The predicted octanol–water partition coefficient (Wildman–Crippen LogP) is 4.73. The normalized spacial score (nSPS) is 29.4. The summed E-state index contributed by atoms with van der Waals surface area (Å²) in [5.74, 6) is -6.12. The van der Waals surface area contributed by atoms with Gasteiger partial charge in [-0.25, -0.2) is 4.79 Å². The third-order valence-electron chi connectivity index (χ3n) is 17.0. The summed E-state index contributed by atoms with van der Waals surface area (Å²) < 4.78 is 34.8. The number of ether oxygens (including phenoxy) is 6. The molecule has 0 radical (unpaired) electrons. The molecular weight excluding hydrogens is 1120 g/mol. The summed E-state index contributed by atoms with van der Waals surface area (Å²) in [5.41, 5.74) is 0. The van der Waals surface area contributed by atoms with Crippen LogP contribution in [0.1, 0.15) is 233 Å². The minimum Gasteiger partial charge on any atom is -0.477 e. The quantitative estimate of drug-likeness (QED) is 0.0289. The highest BCUT2D eigenvalue weighted by Gasteiger charge is 2.60. The van der Waals surface area contributed by atoms with Crippen molar-refractivity contribution in [3.05, 3.63) is 12.2 Å². The van der Waals surface area contributed by atoms with Gasteiger partial charge in [0.25, 0.3) is 5.79 Å². The molecule has 0 aromatic rings. The van der Waals surface area contributed by atoms with E-state index in [4.69, 9.17) is 28.4 Å². The molecule has 2 amide bonds. The van der Waals surface area contributed by atoms with Crippen molar-refractivity contribution >= 4 is 17.8 Å². The van der Waals surface area contributed by atoms with E-state index in [1.807, 2.05) is 0 Å². The first kappa shape index (κ1) is 77.7. The highest BCUT2D eigenvalue weighted by Crippen LogP contribution is 2.39. The monoisotopic (exact) mass is 1240 g/mol. The number of aliphatic hydroxyl groups excluding tert-OH is 11. The van der Waals surface area contributed by atoms with Gasteiger partial charge in [-0.3, -0.25) is 9.59 Å². The first-order valence-corrected chi connectivity index (χ1v) is 33.0. The number of carboxylic acids is 1. The molecule has 0 aromatic heterocycles. The van der Waals surface area contributed by atoms with Crippen LogP contribution in [0.25, 0.3) is 0 Å².